The lowest BCUT2D eigenvalue weighted by molar-refractivity contribution is 0.304. The second kappa shape index (κ2) is 7.98. The molecule has 2 aliphatic rings. The number of hydrogen-bond donors (Lipinski definition) is 1. The standard InChI is InChI=1S/C16H31N3/c17-16(13-9-5-2-6-10-14-16)19-18-15-11-7-3-1-4-8-12-15/h15H,1-14,17H2. The molecule has 0 aromatic carbocycles. The van der Waals surface area contributed by atoms with Crippen molar-refractivity contribution in [3.63, 3.8) is 0 Å². The van der Waals surface area contributed by atoms with E-state index in [0.29, 0.717) is 6.04 Å². The Morgan fingerprint density at radius 2 is 1.16 bits per heavy atom. The van der Waals surface area contributed by atoms with Crippen molar-refractivity contribution in [3.8, 4) is 0 Å². The lowest BCUT2D eigenvalue weighted by Crippen LogP contribution is -2.38. The SMILES string of the molecule is NC1(N=NC2CCCCCCC2)CCCCCCC1. The molecule has 2 rings (SSSR count). The molecule has 2 fully saturated rings. The molecule has 0 atom stereocenters. The summed E-state index contributed by atoms with van der Waals surface area (Å²) in [7, 11) is 0. The van der Waals surface area contributed by atoms with E-state index < -0.39 is 0 Å². The maximum Gasteiger partial charge on any atom is 0.129 e. The zero-order valence-electron chi connectivity index (χ0n) is 12.4. The Bertz CT molecular complexity index is 259. The molecule has 0 heterocycles. The van der Waals surface area contributed by atoms with Crippen molar-refractivity contribution in [1.29, 1.82) is 0 Å². The molecular weight excluding hydrogens is 234 g/mol. The van der Waals surface area contributed by atoms with E-state index in [-0.39, 0.29) is 5.66 Å². The average molecular weight is 265 g/mol. The molecular formula is C16H31N3. The van der Waals surface area contributed by atoms with Crippen molar-refractivity contribution in [3.05, 3.63) is 0 Å². The highest BCUT2D eigenvalue weighted by atomic mass is 15.2. The topological polar surface area (TPSA) is 50.7 Å². The van der Waals surface area contributed by atoms with Gasteiger partial charge >= 0.3 is 0 Å². The van der Waals surface area contributed by atoms with Gasteiger partial charge in [0.15, 0.2) is 0 Å². The first-order valence-corrected chi connectivity index (χ1v) is 8.49. The smallest absolute Gasteiger partial charge is 0.129 e. The molecule has 19 heavy (non-hydrogen) atoms. The molecule has 0 bridgehead atoms. The summed E-state index contributed by atoms with van der Waals surface area (Å²) in [5.74, 6) is 0. The Labute approximate surface area is 118 Å². The molecule has 0 radical (unpaired) electrons. The van der Waals surface area contributed by atoms with Crippen molar-refractivity contribution in [2.24, 2.45) is 16.0 Å². The average Bonchev–Trinajstić information content (AvgIpc) is 2.33. The van der Waals surface area contributed by atoms with Crippen LogP contribution in [0, 0.1) is 0 Å². The summed E-state index contributed by atoms with van der Waals surface area (Å²) < 4.78 is 0. The third-order valence-corrected chi connectivity index (χ3v) is 4.71. The maximum atomic E-state index is 6.46. The summed E-state index contributed by atoms with van der Waals surface area (Å²) in [4.78, 5) is 0. The summed E-state index contributed by atoms with van der Waals surface area (Å²) in [6.45, 7) is 0. The quantitative estimate of drug-likeness (QED) is 0.705. The molecule has 2 aliphatic carbocycles. The number of rotatable bonds is 2. The van der Waals surface area contributed by atoms with Crippen LogP contribution in [-0.2, 0) is 0 Å². The summed E-state index contributed by atoms with van der Waals surface area (Å²) in [6, 6.07) is 0.450. The molecule has 0 aromatic heterocycles. The molecule has 0 aromatic rings. The predicted molar refractivity (Wildman–Crippen MR) is 80.2 cm³/mol. The molecule has 3 heteroatoms. The van der Waals surface area contributed by atoms with Crippen LogP contribution >= 0.6 is 0 Å². The van der Waals surface area contributed by atoms with Gasteiger partial charge in [-0.05, 0) is 38.5 Å². The van der Waals surface area contributed by atoms with Gasteiger partial charge in [0.25, 0.3) is 0 Å². The van der Waals surface area contributed by atoms with Gasteiger partial charge in [0.1, 0.15) is 5.66 Å². The van der Waals surface area contributed by atoms with Gasteiger partial charge in [-0.15, -0.1) is 0 Å². The summed E-state index contributed by atoms with van der Waals surface area (Å²) >= 11 is 0. The Balaban J connectivity index is 1.86. The molecule has 0 amide bonds. The van der Waals surface area contributed by atoms with Gasteiger partial charge in [-0.2, -0.15) is 10.2 Å². The van der Waals surface area contributed by atoms with Crippen molar-refractivity contribution in [2.75, 3.05) is 0 Å². The van der Waals surface area contributed by atoms with Crippen molar-refractivity contribution in [2.45, 2.75) is 102 Å². The fraction of sp³-hybridized carbons (Fsp3) is 1.00. The van der Waals surface area contributed by atoms with Crippen LogP contribution in [0.3, 0.4) is 0 Å². The van der Waals surface area contributed by atoms with E-state index in [2.05, 4.69) is 10.2 Å². The highest BCUT2D eigenvalue weighted by molar-refractivity contribution is 4.82. The Kier molecular flexibility index (Phi) is 6.29. The van der Waals surface area contributed by atoms with E-state index in [0.717, 1.165) is 12.8 Å². The lowest BCUT2D eigenvalue weighted by Gasteiger charge is -2.26. The number of azo groups is 1. The van der Waals surface area contributed by atoms with Crippen LogP contribution in [0.5, 0.6) is 0 Å². The van der Waals surface area contributed by atoms with Crippen LogP contribution in [0.2, 0.25) is 0 Å². The zero-order chi connectivity index (χ0) is 13.4. The predicted octanol–water partition coefficient (Wildman–Crippen LogP) is 4.95. The molecule has 0 aliphatic heterocycles. The monoisotopic (exact) mass is 265 g/mol. The van der Waals surface area contributed by atoms with Crippen LogP contribution in [0.1, 0.15) is 89.9 Å². The van der Waals surface area contributed by atoms with Gasteiger partial charge in [-0.1, -0.05) is 51.4 Å². The summed E-state index contributed by atoms with van der Waals surface area (Å²) in [6.07, 6.45) is 17.8. The molecule has 2 saturated carbocycles. The molecule has 2 N–H and O–H groups in total. The van der Waals surface area contributed by atoms with E-state index >= 15 is 0 Å². The van der Waals surface area contributed by atoms with E-state index in [4.69, 9.17) is 5.73 Å². The van der Waals surface area contributed by atoms with Crippen LogP contribution in [0.4, 0.5) is 0 Å². The normalized spacial score (nSPS) is 27.4. The van der Waals surface area contributed by atoms with Crippen LogP contribution in [0.25, 0.3) is 0 Å². The Hall–Kier alpha value is -0.440. The zero-order valence-corrected chi connectivity index (χ0v) is 12.4. The Morgan fingerprint density at radius 3 is 1.74 bits per heavy atom. The minimum atomic E-state index is -0.344. The van der Waals surface area contributed by atoms with Gasteiger partial charge in [0.2, 0.25) is 0 Å². The second-order valence-corrected chi connectivity index (χ2v) is 6.59. The third-order valence-electron chi connectivity index (χ3n) is 4.71. The molecule has 0 spiro atoms. The van der Waals surface area contributed by atoms with Gasteiger partial charge in [-0.25, -0.2) is 0 Å². The van der Waals surface area contributed by atoms with Crippen molar-refractivity contribution in [1.82, 2.24) is 0 Å². The number of nitrogens with two attached hydrogens (primary N) is 1. The minimum Gasteiger partial charge on any atom is -0.306 e. The Morgan fingerprint density at radius 1 is 0.684 bits per heavy atom. The van der Waals surface area contributed by atoms with E-state index in [1.165, 1.54) is 77.0 Å². The fourth-order valence-electron chi connectivity index (χ4n) is 3.36. The first-order valence-electron chi connectivity index (χ1n) is 8.49. The maximum absolute atomic E-state index is 6.46. The first kappa shape index (κ1) is 15.0. The second-order valence-electron chi connectivity index (χ2n) is 6.59. The lowest BCUT2D eigenvalue weighted by atomic mass is 9.92. The number of nitrogens with zero attached hydrogens (tertiary/aromatic N) is 2. The number of hydrogen-bond acceptors (Lipinski definition) is 3. The first-order chi connectivity index (χ1) is 9.29. The largest absolute Gasteiger partial charge is 0.306 e. The highest BCUT2D eigenvalue weighted by Gasteiger charge is 2.25. The van der Waals surface area contributed by atoms with Crippen molar-refractivity contribution < 1.29 is 0 Å². The molecule has 0 saturated heterocycles. The van der Waals surface area contributed by atoms with Gasteiger partial charge in [0.05, 0.1) is 6.04 Å². The van der Waals surface area contributed by atoms with E-state index in [9.17, 15) is 0 Å². The fourth-order valence-corrected chi connectivity index (χ4v) is 3.36. The molecule has 0 unspecified atom stereocenters. The van der Waals surface area contributed by atoms with Gasteiger partial charge < -0.3 is 5.73 Å². The van der Waals surface area contributed by atoms with Crippen LogP contribution in [0.15, 0.2) is 10.2 Å². The molecule has 3 nitrogen and oxygen atoms in total. The third kappa shape index (κ3) is 5.60. The van der Waals surface area contributed by atoms with E-state index in [1.54, 1.807) is 0 Å². The van der Waals surface area contributed by atoms with E-state index in [1.807, 2.05) is 0 Å². The van der Waals surface area contributed by atoms with Crippen LogP contribution in [-0.4, -0.2) is 11.7 Å². The van der Waals surface area contributed by atoms with Crippen LogP contribution < -0.4 is 5.73 Å². The highest BCUT2D eigenvalue weighted by Crippen LogP contribution is 2.27. The van der Waals surface area contributed by atoms with Crippen molar-refractivity contribution >= 4 is 0 Å². The minimum absolute atomic E-state index is 0.344. The van der Waals surface area contributed by atoms with Gasteiger partial charge in [0, 0.05) is 0 Å². The summed E-state index contributed by atoms with van der Waals surface area (Å²) in [5.41, 5.74) is 6.11. The molecule has 110 valence electrons. The van der Waals surface area contributed by atoms with Gasteiger partial charge in [-0.3, -0.25) is 0 Å². The summed E-state index contributed by atoms with van der Waals surface area (Å²) in [5, 5.41) is 9.27.